The fourth-order valence-electron chi connectivity index (χ4n) is 1.71. The summed E-state index contributed by atoms with van der Waals surface area (Å²) in [5, 5.41) is 6.77. The molecule has 0 aromatic carbocycles. The number of nitrogens with zero attached hydrogens (tertiary/aromatic N) is 1. The summed E-state index contributed by atoms with van der Waals surface area (Å²) in [7, 11) is 2.02. The molecule has 0 saturated carbocycles. The Hall–Kier alpha value is -0.410. The summed E-state index contributed by atoms with van der Waals surface area (Å²) in [5.41, 5.74) is 1.27. The largest absolute Gasteiger partial charge is 0.319 e. The van der Waals surface area contributed by atoms with Gasteiger partial charge in [0.1, 0.15) is 0 Å². The van der Waals surface area contributed by atoms with Crippen LogP contribution in [-0.4, -0.2) is 18.6 Å². The van der Waals surface area contributed by atoms with Gasteiger partial charge in [0.25, 0.3) is 0 Å². The number of aryl methyl sites for hydroxylation is 1. The third-order valence-electron chi connectivity index (χ3n) is 2.64. The van der Waals surface area contributed by atoms with Crippen molar-refractivity contribution in [2.45, 2.75) is 39.5 Å². The minimum atomic E-state index is 0.732. The molecule has 1 atom stereocenters. The van der Waals surface area contributed by atoms with E-state index in [0.717, 1.165) is 25.3 Å². The van der Waals surface area contributed by atoms with Gasteiger partial charge < -0.3 is 5.32 Å². The van der Waals surface area contributed by atoms with Gasteiger partial charge in [-0.15, -0.1) is 11.3 Å². The molecule has 86 valence electrons. The minimum Gasteiger partial charge on any atom is -0.319 e. The zero-order chi connectivity index (χ0) is 11.1. The summed E-state index contributed by atoms with van der Waals surface area (Å²) in [6, 6.07) is 0. The Kier molecular flexibility index (Phi) is 5.88. The zero-order valence-corrected chi connectivity index (χ0v) is 10.9. The SMILES string of the molecule is CCCc1csc(CC(CC)CNC)n1. The lowest BCUT2D eigenvalue weighted by Crippen LogP contribution is -2.20. The lowest BCUT2D eigenvalue weighted by atomic mass is 10.0. The molecular formula is C12H22N2S. The fraction of sp³-hybridized carbons (Fsp3) is 0.750. The van der Waals surface area contributed by atoms with Gasteiger partial charge in [0.05, 0.1) is 10.7 Å². The molecule has 0 saturated heterocycles. The van der Waals surface area contributed by atoms with Gasteiger partial charge in [-0.1, -0.05) is 26.7 Å². The summed E-state index contributed by atoms with van der Waals surface area (Å²) in [6.07, 6.45) is 4.67. The molecule has 0 amide bonds. The smallest absolute Gasteiger partial charge is 0.0931 e. The number of aromatic nitrogens is 1. The monoisotopic (exact) mass is 226 g/mol. The van der Waals surface area contributed by atoms with Crippen LogP contribution in [0, 0.1) is 5.92 Å². The van der Waals surface area contributed by atoms with Crippen molar-refractivity contribution in [2.75, 3.05) is 13.6 Å². The fourth-order valence-corrected chi connectivity index (χ4v) is 2.65. The van der Waals surface area contributed by atoms with Crippen molar-refractivity contribution in [3.63, 3.8) is 0 Å². The average Bonchev–Trinajstić information content (AvgIpc) is 2.66. The van der Waals surface area contributed by atoms with Crippen molar-refractivity contribution in [2.24, 2.45) is 5.92 Å². The van der Waals surface area contributed by atoms with Gasteiger partial charge in [0.2, 0.25) is 0 Å². The molecule has 0 fully saturated rings. The highest BCUT2D eigenvalue weighted by atomic mass is 32.1. The first-order valence-electron chi connectivity index (χ1n) is 5.88. The summed E-state index contributed by atoms with van der Waals surface area (Å²) >= 11 is 1.82. The van der Waals surface area contributed by atoms with Crippen LogP contribution in [0.1, 0.15) is 37.4 Å². The number of hydrogen-bond acceptors (Lipinski definition) is 3. The summed E-state index contributed by atoms with van der Waals surface area (Å²) in [5.74, 6) is 0.732. The van der Waals surface area contributed by atoms with Crippen LogP contribution >= 0.6 is 11.3 Å². The third-order valence-corrected chi connectivity index (χ3v) is 3.56. The maximum absolute atomic E-state index is 4.66. The Bertz CT molecular complexity index is 270. The molecule has 0 aliphatic carbocycles. The van der Waals surface area contributed by atoms with E-state index in [1.165, 1.54) is 23.5 Å². The first-order chi connectivity index (χ1) is 7.30. The minimum absolute atomic E-state index is 0.732. The highest BCUT2D eigenvalue weighted by molar-refractivity contribution is 7.09. The summed E-state index contributed by atoms with van der Waals surface area (Å²) in [4.78, 5) is 4.66. The summed E-state index contributed by atoms with van der Waals surface area (Å²) in [6.45, 7) is 5.55. The predicted molar refractivity (Wildman–Crippen MR) is 67.5 cm³/mol. The van der Waals surface area contributed by atoms with Gasteiger partial charge >= 0.3 is 0 Å². The van der Waals surface area contributed by atoms with E-state index in [4.69, 9.17) is 0 Å². The Morgan fingerprint density at radius 1 is 1.47 bits per heavy atom. The molecule has 2 nitrogen and oxygen atoms in total. The Morgan fingerprint density at radius 2 is 2.27 bits per heavy atom. The third kappa shape index (κ3) is 4.31. The van der Waals surface area contributed by atoms with Crippen LogP contribution in [0.25, 0.3) is 0 Å². The quantitative estimate of drug-likeness (QED) is 0.773. The second-order valence-electron chi connectivity index (χ2n) is 4.02. The normalized spacial score (nSPS) is 13.0. The van der Waals surface area contributed by atoms with Crippen molar-refractivity contribution >= 4 is 11.3 Å². The van der Waals surface area contributed by atoms with Crippen LogP contribution in [-0.2, 0) is 12.8 Å². The van der Waals surface area contributed by atoms with Crippen molar-refractivity contribution in [1.82, 2.24) is 10.3 Å². The molecule has 0 aliphatic heterocycles. The predicted octanol–water partition coefficient (Wildman–Crippen LogP) is 2.88. The van der Waals surface area contributed by atoms with E-state index in [-0.39, 0.29) is 0 Å². The second-order valence-corrected chi connectivity index (χ2v) is 4.96. The van der Waals surface area contributed by atoms with E-state index in [1.54, 1.807) is 0 Å². The van der Waals surface area contributed by atoms with E-state index in [9.17, 15) is 0 Å². The van der Waals surface area contributed by atoms with E-state index in [0.29, 0.717) is 0 Å². The van der Waals surface area contributed by atoms with E-state index in [2.05, 4.69) is 29.5 Å². The molecular weight excluding hydrogens is 204 g/mol. The van der Waals surface area contributed by atoms with Crippen LogP contribution in [0.2, 0.25) is 0 Å². The van der Waals surface area contributed by atoms with Gasteiger partial charge in [-0.3, -0.25) is 0 Å². The lowest BCUT2D eigenvalue weighted by Gasteiger charge is -2.11. The maximum atomic E-state index is 4.66. The Balaban J connectivity index is 2.47. The number of hydrogen-bond donors (Lipinski definition) is 1. The molecule has 1 aromatic heterocycles. The zero-order valence-electron chi connectivity index (χ0n) is 10.0. The van der Waals surface area contributed by atoms with Crippen LogP contribution < -0.4 is 5.32 Å². The van der Waals surface area contributed by atoms with Crippen molar-refractivity contribution in [1.29, 1.82) is 0 Å². The molecule has 15 heavy (non-hydrogen) atoms. The van der Waals surface area contributed by atoms with Crippen molar-refractivity contribution in [3.8, 4) is 0 Å². The van der Waals surface area contributed by atoms with Gasteiger partial charge in [-0.2, -0.15) is 0 Å². The molecule has 0 bridgehead atoms. The van der Waals surface area contributed by atoms with Gasteiger partial charge in [-0.25, -0.2) is 4.98 Å². The molecule has 1 N–H and O–H groups in total. The van der Waals surface area contributed by atoms with Crippen molar-refractivity contribution < 1.29 is 0 Å². The molecule has 1 rings (SSSR count). The van der Waals surface area contributed by atoms with E-state index >= 15 is 0 Å². The topological polar surface area (TPSA) is 24.9 Å². The average molecular weight is 226 g/mol. The van der Waals surface area contributed by atoms with Crippen LogP contribution in [0.4, 0.5) is 0 Å². The molecule has 3 heteroatoms. The summed E-state index contributed by atoms with van der Waals surface area (Å²) < 4.78 is 0. The van der Waals surface area contributed by atoms with Gasteiger partial charge in [-0.05, 0) is 25.9 Å². The molecule has 1 heterocycles. The van der Waals surface area contributed by atoms with E-state index in [1.807, 2.05) is 18.4 Å². The molecule has 1 unspecified atom stereocenters. The van der Waals surface area contributed by atoms with Crippen molar-refractivity contribution in [3.05, 3.63) is 16.1 Å². The molecule has 1 aromatic rings. The highest BCUT2D eigenvalue weighted by Gasteiger charge is 2.09. The van der Waals surface area contributed by atoms with Gasteiger partial charge in [0, 0.05) is 11.8 Å². The second kappa shape index (κ2) is 6.96. The Labute approximate surface area is 97.1 Å². The van der Waals surface area contributed by atoms with Crippen LogP contribution in [0.5, 0.6) is 0 Å². The number of nitrogens with one attached hydrogen (secondary N) is 1. The number of rotatable bonds is 7. The van der Waals surface area contributed by atoms with E-state index < -0.39 is 0 Å². The highest BCUT2D eigenvalue weighted by Crippen LogP contribution is 2.17. The molecule has 0 spiro atoms. The Morgan fingerprint density at radius 3 is 2.87 bits per heavy atom. The molecule has 0 radical (unpaired) electrons. The van der Waals surface area contributed by atoms with Crippen LogP contribution in [0.3, 0.4) is 0 Å². The van der Waals surface area contributed by atoms with Crippen LogP contribution in [0.15, 0.2) is 5.38 Å². The number of thiazole rings is 1. The first kappa shape index (κ1) is 12.7. The lowest BCUT2D eigenvalue weighted by molar-refractivity contribution is 0.480. The first-order valence-corrected chi connectivity index (χ1v) is 6.75. The maximum Gasteiger partial charge on any atom is 0.0931 e. The standard InChI is InChI=1S/C12H22N2S/c1-4-6-11-9-15-12(14-11)7-10(5-2)8-13-3/h9-10,13H,4-8H2,1-3H3. The molecule has 0 aliphatic rings. The van der Waals surface area contributed by atoms with Gasteiger partial charge in [0.15, 0.2) is 0 Å².